The van der Waals surface area contributed by atoms with Crippen molar-refractivity contribution in [1.29, 1.82) is 0 Å². The van der Waals surface area contributed by atoms with Gasteiger partial charge in [0.1, 0.15) is 0 Å². The Labute approximate surface area is 120 Å². The minimum atomic E-state index is -4.59. The summed E-state index contributed by atoms with van der Waals surface area (Å²) in [6, 6.07) is 10.2. The third-order valence-corrected chi connectivity index (χ3v) is 4.22. The first-order valence-electron chi connectivity index (χ1n) is 5.96. The van der Waals surface area contributed by atoms with Gasteiger partial charge < -0.3 is 0 Å². The van der Waals surface area contributed by atoms with Crippen molar-refractivity contribution in [2.75, 3.05) is 4.72 Å². The molecule has 0 aliphatic heterocycles. The second-order valence-corrected chi connectivity index (χ2v) is 6.13. The molecule has 0 aliphatic rings. The number of rotatable bonds is 3. The molecule has 7 heteroatoms. The SMILES string of the molecule is Cc1ccccc1NS(=O)(=O)c1cccc(C(F)(F)F)c1. The van der Waals surface area contributed by atoms with E-state index < -0.39 is 26.7 Å². The molecule has 112 valence electrons. The van der Waals surface area contributed by atoms with Gasteiger partial charge in [-0.3, -0.25) is 4.72 Å². The molecule has 0 saturated carbocycles. The molecule has 0 saturated heterocycles. The Balaban J connectivity index is 2.39. The van der Waals surface area contributed by atoms with Gasteiger partial charge in [0, 0.05) is 0 Å². The highest BCUT2D eigenvalue weighted by atomic mass is 32.2. The third-order valence-electron chi connectivity index (χ3n) is 2.86. The first-order chi connectivity index (χ1) is 9.70. The molecule has 0 fully saturated rings. The molecule has 2 aromatic carbocycles. The highest BCUT2D eigenvalue weighted by molar-refractivity contribution is 7.92. The Hall–Kier alpha value is -2.02. The molecule has 0 aromatic heterocycles. The van der Waals surface area contributed by atoms with Crippen molar-refractivity contribution >= 4 is 15.7 Å². The lowest BCUT2D eigenvalue weighted by Crippen LogP contribution is -2.15. The standard InChI is InChI=1S/C14H12F3NO2S/c1-10-5-2-3-8-13(10)18-21(19,20)12-7-4-6-11(9-12)14(15,16)17/h2-9,18H,1H3. The van der Waals surface area contributed by atoms with Gasteiger partial charge in [0.15, 0.2) is 0 Å². The Kier molecular flexibility index (Phi) is 3.95. The molecule has 0 aliphatic carbocycles. The first kappa shape index (κ1) is 15.4. The fourth-order valence-electron chi connectivity index (χ4n) is 1.73. The van der Waals surface area contributed by atoms with Gasteiger partial charge in [-0.25, -0.2) is 8.42 Å². The van der Waals surface area contributed by atoms with Gasteiger partial charge in [0.2, 0.25) is 0 Å². The normalized spacial score (nSPS) is 12.2. The molecule has 2 rings (SSSR count). The molecular formula is C14H12F3NO2S. The minimum Gasteiger partial charge on any atom is -0.279 e. The van der Waals surface area contributed by atoms with Gasteiger partial charge in [0.25, 0.3) is 10.0 Å². The summed E-state index contributed by atoms with van der Waals surface area (Å²) >= 11 is 0. The van der Waals surface area contributed by atoms with E-state index in [-0.39, 0.29) is 0 Å². The van der Waals surface area contributed by atoms with E-state index in [1.54, 1.807) is 31.2 Å². The topological polar surface area (TPSA) is 46.2 Å². The molecule has 0 bridgehead atoms. The van der Waals surface area contributed by atoms with E-state index in [0.29, 0.717) is 17.3 Å². The van der Waals surface area contributed by atoms with Crippen LogP contribution in [0.1, 0.15) is 11.1 Å². The van der Waals surface area contributed by atoms with Crippen LogP contribution in [0.25, 0.3) is 0 Å². The van der Waals surface area contributed by atoms with Crippen molar-refractivity contribution in [2.24, 2.45) is 0 Å². The van der Waals surface area contributed by atoms with Crippen molar-refractivity contribution in [3.05, 3.63) is 59.7 Å². The molecular weight excluding hydrogens is 303 g/mol. The van der Waals surface area contributed by atoms with Gasteiger partial charge in [-0.1, -0.05) is 24.3 Å². The van der Waals surface area contributed by atoms with E-state index in [2.05, 4.69) is 4.72 Å². The van der Waals surface area contributed by atoms with Crippen molar-refractivity contribution in [2.45, 2.75) is 18.0 Å². The third kappa shape index (κ3) is 3.55. The minimum absolute atomic E-state index is 0.329. The highest BCUT2D eigenvalue weighted by Gasteiger charge is 2.31. The zero-order valence-electron chi connectivity index (χ0n) is 11.0. The van der Waals surface area contributed by atoms with Crippen LogP contribution in [0.3, 0.4) is 0 Å². The van der Waals surface area contributed by atoms with Crippen LogP contribution in [0.4, 0.5) is 18.9 Å². The highest BCUT2D eigenvalue weighted by Crippen LogP contribution is 2.31. The lowest BCUT2D eigenvalue weighted by atomic mass is 10.2. The van der Waals surface area contributed by atoms with Gasteiger partial charge in [-0.2, -0.15) is 13.2 Å². The van der Waals surface area contributed by atoms with Gasteiger partial charge in [-0.05, 0) is 36.8 Å². The van der Waals surface area contributed by atoms with E-state index in [1.165, 1.54) is 0 Å². The zero-order chi connectivity index (χ0) is 15.7. The molecule has 2 aromatic rings. The maximum atomic E-state index is 12.6. The van der Waals surface area contributed by atoms with Crippen LogP contribution in [0.15, 0.2) is 53.4 Å². The predicted molar refractivity (Wildman–Crippen MR) is 73.4 cm³/mol. The summed E-state index contributed by atoms with van der Waals surface area (Å²) < 4.78 is 64.5. The van der Waals surface area contributed by atoms with E-state index in [9.17, 15) is 21.6 Å². The summed E-state index contributed by atoms with van der Waals surface area (Å²) in [4.78, 5) is -0.430. The molecule has 0 unspecified atom stereocenters. The van der Waals surface area contributed by atoms with Gasteiger partial charge in [0.05, 0.1) is 16.1 Å². The summed E-state index contributed by atoms with van der Waals surface area (Å²) in [6.07, 6.45) is -4.59. The maximum Gasteiger partial charge on any atom is 0.416 e. The second-order valence-electron chi connectivity index (χ2n) is 4.45. The number of nitrogens with one attached hydrogen (secondary N) is 1. The zero-order valence-corrected chi connectivity index (χ0v) is 11.8. The molecule has 0 atom stereocenters. The summed E-state index contributed by atoms with van der Waals surface area (Å²) in [5.41, 5.74) is -0.00174. The summed E-state index contributed by atoms with van der Waals surface area (Å²) in [6.45, 7) is 1.70. The van der Waals surface area contributed by atoms with Crippen molar-refractivity contribution in [3.63, 3.8) is 0 Å². The quantitative estimate of drug-likeness (QED) is 0.936. The van der Waals surface area contributed by atoms with E-state index >= 15 is 0 Å². The Morgan fingerprint density at radius 2 is 1.67 bits per heavy atom. The number of benzene rings is 2. The van der Waals surface area contributed by atoms with Crippen LogP contribution in [0, 0.1) is 6.92 Å². The number of aryl methyl sites for hydroxylation is 1. The fraction of sp³-hybridized carbons (Fsp3) is 0.143. The van der Waals surface area contributed by atoms with Gasteiger partial charge >= 0.3 is 6.18 Å². The van der Waals surface area contributed by atoms with Crippen LogP contribution in [0.5, 0.6) is 0 Å². The molecule has 0 radical (unpaired) electrons. The predicted octanol–water partition coefficient (Wildman–Crippen LogP) is 3.81. The van der Waals surface area contributed by atoms with Crippen molar-refractivity contribution in [1.82, 2.24) is 0 Å². The molecule has 0 heterocycles. The molecule has 1 N–H and O–H groups in total. The monoisotopic (exact) mass is 315 g/mol. The van der Waals surface area contributed by atoms with E-state index in [4.69, 9.17) is 0 Å². The van der Waals surface area contributed by atoms with E-state index in [1.807, 2.05) is 0 Å². The number of anilines is 1. The lowest BCUT2D eigenvalue weighted by molar-refractivity contribution is -0.137. The summed E-state index contributed by atoms with van der Waals surface area (Å²) in [5, 5.41) is 0. The summed E-state index contributed by atoms with van der Waals surface area (Å²) in [7, 11) is -4.07. The number of hydrogen-bond acceptors (Lipinski definition) is 2. The number of hydrogen-bond donors (Lipinski definition) is 1. The van der Waals surface area contributed by atoms with Crippen LogP contribution in [-0.2, 0) is 16.2 Å². The number of alkyl halides is 3. The van der Waals surface area contributed by atoms with Gasteiger partial charge in [-0.15, -0.1) is 0 Å². The maximum absolute atomic E-state index is 12.6. The van der Waals surface area contributed by atoms with E-state index in [0.717, 1.165) is 18.2 Å². The number of para-hydroxylation sites is 1. The Bertz CT molecular complexity index is 755. The smallest absolute Gasteiger partial charge is 0.279 e. The Morgan fingerprint density at radius 3 is 2.29 bits per heavy atom. The largest absolute Gasteiger partial charge is 0.416 e. The first-order valence-corrected chi connectivity index (χ1v) is 7.44. The van der Waals surface area contributed by atoms with Crippen molar-refractivity contribution in [3.8, 4) is 0 Å². The molecule has 21 heavy (non-hydrogen) atoms. The van der Waals surface area contributed by atoms with Crippen LogP contribution >= 0.6 is 0 Å². The molecule has 0 amide bonds. The summed E-state index contributed by atoms with van der Waals surface area (Å²) in [5.74, 6) is 0. The van der Waals surface area contributed by atoms with Crippen molar-refractivity contribution < 1.29 is 21.6 Å². The number of halogens is 3. The van der Waals surface area contributed by atoms with Crippen LogP contribution < -0.4 is 4.72 Å². The average Bonchev–Trinajstić information content (AvgIpc) is 2.40. The van der Waals surface area contributed by atoms with Crippen LogP contribution in [-0.4, -0.2) is 8.42 Å². The molecule has 0 spiro atoms. The number of sulfonamides is 1. The van der Waals surface area contributed by atoms with Crippen LogP contribution in [0.2, 0.25) is 0 Å². The lowest BCUT2D eigenvalue weighted by Gasteiger charge is -2.12. The Morgan fingerprint density at radius 1 is 1.00 bits per heavy atom. The molecule has 3 nitrogen and oxygen atoms in total. The fourth-order valence-corrected chi connectivity index (χ4v) is 2.91. The second kappa shape index (κ2) is 5.40. The average molecular weight is 315 g/mol.